The van der Waals surface area contributed by atoms with Crippen molar-refractivity contribution >= 4 is 11.3 Å². The monoisotopic (exact) mass is 243 g/mol. The van der Waals surface area contributed by atoms with E-state index in [1.807, 2.05) is 6.92 Å². The van der Waals surface area contributed by atoms with E-state index in [0.717, 1.165) is 30.0 Å². The van der Waals surface area contributed by atoms with Crippen molar-refractivity contribution in [2.75, 3.05) is 7.11 Å². The zero-order valence-electron chi connectivity index (χ0n) is 10.2. The Balaban J connectivity index is 2.37. The number of rotatable bonds is 7. The highest BCUT2D eigenvalue weighted by Crippen LogP contribution is 2.12. The average Bonchev–Trinajstić information content (AvgIpc) is 2.69. The maximum Gasteiger partial charge on any atom is 0.0897 e. The summed E-state index contributed by atoms with van der Waals surface area (Å²) in [4.78, 5) is 4.44. The second-order valence-electron chi connectivity index (χ2n) is 4.05. The second kappa shape index (κ2) is 6.96. The minimum Gasteiger partial charge on any atom is -0.382 e. The molecule has 2 atom stereocenters. The quantitative estimate of drug-likeness (QED) is 0.564. The van der Waals surface area contributed by atoms with Gasteiger partial charge in [0.25, 0.3) is 0 Å². The summed E-state index contributed by atoms with van der Waals surface area (Å²) in [7, 11) is 1.74. The van der Waals surface area contributed by atoms with Crippen LogP contribution < -0.4 is 11.3 Å². The van der Waals surface area contributed by atoms with Crippen LogP contribution in [-0.4, -0.2) is 24.2 Å². The molecule has 0 radical (unpaired) electrons. The Morgan fingerprint density at radius 3 is 2.81 bits per heavy atom. The van der Waals surface area contributed by atoms with Crippen LogP contribution >= 0.6 is 11.3 Å². The summed E-state index contributed by atoms with van der Waals surface area (Å²) in [5.41, 5.74) is 3.97. The molecule has 0 spiro atoms. The molecule has 0 fully saturated rings. The first-order valence-corrected chi connectivity index (χ1v) is 6.43. The van der Waals surface area contributed by atoms with Gasteiger partial charge in [-0.15, -0.1) is 11.3 Å². The van der Waals surface area contributed by atoms with E-state index in [1.165, 1.54) is 0 Å². The molecule has 3 N–H and O–H groups in total. The Bertz CT molecular complexity index is 303. The lowest BCUT2D eigenvalue weighted by Gasteiger charge is -2.16. The van der Waals surface area contributed by atoms with Crippen molar-refractivity contribution in [3.8, 4) is 0 Å². The van der Waals surface area contributed by atoms with Gasteiger partial charge in [-0.3, -0.25) is 11.3 Å². The molecule has 1 aromatic rings. The van der Waals surface area contributed by atoms with Gasteiger partial charge in [-0.1, -0.05) is 0 Å². The summed E-state index contributed by atoms with van der Waals surface area (Å²) < 4.78 is 5.22. The van der Waals surface area contributed by atoms with Gasteiger partial charge >= 0.3 is 0 Å². The highest BCUT2D eigenvalue weighted by molar-refractivity contribution is 7.09. The number of aryl methyl sites for hydroxylation is 1. The lowest BCUT2D eigenvalue weighted by atomic mass is 10.0. The van der Waals surface area contributed by atoms with E-state index >= 15 is 0 Å². The van der Waals surface area contributed by atoms with Crippen molar-refractivity contribution in [3.63, 3.8) is 0 Å². The smallest absolute Gasteiger partial charge is 0.0897 e. The molecule has 4 nitrogen and oxygen atoms in total. The summed E-state index contributed by atoms with van der Waals surface area (Å²) >= 11 is 1.68. The van der Waals surface area contributed by atoms with E-state index in [1.54, 1.807) is 18.4 Å². The second-order valence-corrected chi connectivity index (χ2v) is 5.11. The number of hydrogen-bond acceptors (Lipinski definition) is 5. The van der Waals surface area contributed by atoms with Crippen molar-refractivity contribution in [1.29, 1.82) is 0 Å². The molecular weight excluding hydrogens is 222 g/mol. The molecule has 0 aliphatic carbocycles. The fourth-order valence-corrected chi connectivity index (χ4v) is 2.18. The van der Waals surface area contributed by atoms with Crippen molar-refractivity contribution < 1.29 is 4.74 Å². The summed E-state index contributed by atoms with van der Waals surface area (Å²) in [5.74, 6) is 5.54. The Hall–Kier alpha value is -0.490. The predicted octanol–water partition coefficient (Wildman–Crippen LogP) is 1.64. The molecule has 1 aromatic heterocycles. The number of nitrogens with zero attached hydrogens (tertiary/aromatic N) is 1. The van der Waals surface area contributed by atoms with Gasteiger partial charge in [0, 0.05) is 25.0 Å². The zero-order chi connectivity index (χ0) is 12.0. The van der Waals surface area contributed by atoms with Crippen LogP contribution in [0.15, 0.2) is 5.38 Å². The SMILES string of the molecule is COC(C)CCC(Cc1csc(C)n1)NN. The van der Waals surface area contributed by atoms with Crippen molar-refractivity contribution in [3.05, 3.63) is 16.1 Å². The Labute approximate surface area is 101 Å². The summed E-state index contributed by atoms with van der Waals surface area (Å²) in [5, 5.41) is 3.20. The van der Waals surface area contributed by atoms with E-state index in [2.05, 4.69) is 22.7 Å². The van der Waals surface area contributed by atoms with Gasteiger partial charge in [-0.05, 0) is 26.7 Å². The van der Waals surface area contributed by atoms with E-state index in [4.69, 9.17) is 10.6 Å². The van der Waals surface area contributed by atoms with Gasteiger partial charge in [-0.2, -0.15) is 0 Å². The van der Waals surface area contributed by atoms with Gasteiger partial charge in [0.05, 0.1) is 16.8 Å². The van der Waals surface area contributed by atoms with Crippen LogP contribution in [0.25, 0.3) is 0 Å². The number of aromatic nitrogens is 1. The largest absolute Gasteiger partial charge is 0.382 e. The third-order valence-electron chi connectivity index (χ3n) is 2.68. The minimum atomic E-state index is 0.277. The molecule has 0 saturated heterocycles. The van der Waals surface area contributed by atoms with Crippen LogP contribution in [0.5, 0.6) is 0 Å². The molecule has 0 bridgehead atoms. The third kappa shape index (κ3) is 4.57. The fraction of sp³-hybridized carbons (Fsp3) is 0.727. The lowest BCUT2D eigenvalue weighted by Crippen LogP contribution is -2.37. The highest BCUT2D eigenvalue weighted by atomic mass is 32.1. The third-order valence-corrected chi connectivity index (χ3v) is 3.50. The first-order valence-electron chi connectivity index (χ1n) is 5.55. The normalized spacial score (nSPS) is 15.0. The molecule has 1 heterocycles. The van der Waals surface area contributed by atoms with Gasteiger partial charge in [0.2, 0.25) is 0 Å². The molecular formula is C11H21N3OS. The molecule has 5 heteroatoms. The van der Waals surface area contributed by atoms with E-state index in [9.17, 15) is 0 Å². The molecule has 0 aromatic carbocycles. The van der Waals surface area contributed by atoms with Gasteiger partial charge < -0.3 is 4.74 Å². The summed E-state index contributed by atoms with van der Waals surface area (Å²) in [6, 6.07) is 0.277. The fourth-order valence-electron chi connectivity index (χ4n) is 1.55. The standard InChI is InChI=1S/C11H21N3OS/c1-8(15-3)4-5-10(14-12)6-11-7-16-9(2)13-11/h7-8,10,14H,4-6,12H2,1-3H3. The van der Waals surface area contributed by atoms with Gasteiger partial charge in [-0.25, -0.2) is 4.98 Å². The van der Waals surface area contributed by atoms with Crippen LogP contribution in [0, 0.1) is 6.92 Å². The molecule has 1 rings (SSSR count). The van der Waals surface area contributed by atoms with E-state index in [-0.39, 0.29) is 12.1 Å². The molecule has 92 valence electrons. The van der Waals surface area contributed by atoms with Crippen LogP contribution in [0.1, 0.15) is 30.5 Å². The maximum absolute atomic E-state index is 5.54. The zero-order valence-corrected chi connectivity index (χ0v) is 11.0. The molecule has 0 saturated carbocycles. The minimum absolute atomic E-state index is 0.277. The Morgan fingerprint density at radius 1 is 1.56 bits per heavy atom. The summed E-state index contributed by atoms with van der Waals surface area (Å²) in [6.45, 7) is 4.09. The number of nitrogens with one attached hydrogen (secondary N) is 1. The highest BCUT2D eigenvalue weighted by Gasteiger charge is 2.11. The number of thiazole rings is 1. The van der Waals surface area contributed by atoms with Crippen LogP contribution in [0.4, 0.5) is 0 Å². The number of ether oxygens (including phenoxy) is 1. The number of nitrogens with two attached hydrogens (primary N) is 1. The van der Waals surface area contributed by atoms with Gasteiger partial charge in [0.1, 0.15) is 0 Å². The average molecular weight is 243 g/mol. The topological polar surface area (TPSA) is 60.2 Å². The Kier molecular flexibility index (Phi) is 5.90. The molecule has 0 aliphatic rings. The molecule has 0 aliphatic heterocycles. The summed E-state index contributed by atoms with van der Waals surface area (Å²) in [6.07, 6.45) is 3.18. The lowest BCUT2D eigenvalue weighted by molar-refractivity contribution is 0.106. The Morgan fingerprint density at radius 2 is 2.31 bits per heavy atom. The maximum atomic E-state index is 5.54. The predicted molar refractivity (Wildman–Crippen MR) is 67.4 cm³/mol. The van der Waals surface area contributed by atoms with Crippen molar-refractivity contribution in [2.45, 2.75) is 45.3 Å². The number of hydrogen-bond donors (Lipinski definition) is 2. The first kappa shape index (κ1) is 13.6. The molecule has 16 heavy (non-hydrogen) atoms. The number of hydrazine groups is 1. The van der Waals surface area contributed by atoms with Gasteiger partial charge in [0.15, 0.2) is 0 Å². The van der Waals surface area contributed by atoms with Crippen molar-refractivity contribution in [1.82, 2.24) is 10.4 Å². The van der Waals surface area contributed by atoms with Crippen molar-refractivity contribution in [2.24, 2.45) is 5.84 Å². The van der Waals surface area contributed by atoms with E-state index in [0.29, 0.717) is 0 Å². The molecule has 0 amide bonds. The van der Waals surface area contributed by atoms with Crippen LogP contribution in [-0.2, 0) is 11.2 Å². The van der Waals surface area contributed by atoms with E-state index < -0.39 is 0 Å². The first-order chi connectivity index (χ1) is 7.65. The van der Waals surface area contributed by atoms with Crippen LogP contribution in [0.2, 0.25) is 0 Å². The molecule has 2 unspecified atom stereocenters. The van der Waals surface area contributed by atoms with Crippen LogP contribution in [0.3, 0.4) is 0 Å². The number of methoxy groups -OCH3 is 1.